The van der Waals surface area contributed by atoms with E-state index in [1.807, 2.05) is 0 Å². The van der Waals surface area contributed by atoms with Crippen LogP contribution in [0.5, 0.6) is 0 Å². The van der Waals surface area contributed by atoms with E-state index in [0.29, 0.717) is 0 Å². The third-order valence-corrected chi connectivity index (χ3v) is 2.31. The average molecular weight is 142 g/mol. The lowest BCUT2D eigenvalue weighted by Gasteiger charge is -2.49. The van der Waals surface area contributed by atoms with Crippen LogP contribution in [0.1, 0.15) is 0 Å². The third-order valence-electron chi connectivity index (χ3n) is 2.31. The molecular weight excluding hydrogens is 142 g/mol. The largest absolute Gasteiger partial charge is 0.169 e. The van der Waals surface area contributed by atoms with E-state index in [1.165, 1.54) is 0 Å². The molecule has 0 saturated carbocycles. The standard InChI is InChI=1S/CB12/c2-10(3)1(11(4)5,12(6)7)13(8)9. The predicted octanol–water partition coefficient (Wildman–Crippen LogP) is -4.35. The topological polar surface area (TPSA) is 0 Å². The summed E-state index contributed by atoms with van der Waals surface area (Å²) in [6.07, 6.45) is 0. The number of hydrogen-bond donors (Lipinski definition) is 0. The maximum atomic E-state index is 5.47. The van der Waals surface area contributed by atoms with Crippen molar-refractivity contribution in [3.05, 3.63) is 0 Å². The highest BCUT2D eigenvalue weighted by molar-refractivity contribution is 7.64. The monoisotopic (exact) mass is 144 g/mol. The quantitative estimate of drug-likeness (QED) is 0.348. The molecule has 0 unspecified atom stereocenters. The van der Waals surface area contributed by atoms with Gasteiger partial charge in [-0.2, -0.15) is 5.01 Å². The Morgan fingerprint density at radius 3 is 0.615 bits per heavy atom. The molecule has 0 N–H and O–H groups in total. The second-order valence-electron chi connectivity index (χ2n) is 3.10. The van der Waals surface area contributed by atoms with Gasteiger partial charge < -0.3 is 0 Å². The van der Waals surface area contributed by atoms with Crippen LogP contribution in [-0.4, -0.2) is 87.9 Å². The molecule has 0 saturated heterocycles. The second-order valence-corrected chi connectivity index (χ2v) is 3.10. The van der Waals surface area contributed by atoms with Crippen LogP contribution in [0.25, 0.3) is 0 Å². The average Bonchev–Trinajstić information content (AvgIpc) is 1.82. The molecule has 0 aliphatic carbocycles. The van der Waals surface area contributed by atoms with Crippen LogP contribution in [0.15, 0.2) is 0 Å². The van der Waals surface area contributed by atoms with Gasteiger partial charge in [-0.3, -0.25) is 0 Å². The summed E-state index contributed by atoms with van der Waals surface area (Å²) in [6, 6.07) is 0. The molecule has 0 aromatic rings. The highest BCUT2D eigenvalue weighted by Crippen LogP contribution is 2.30. The van der Waals surface area contributed by atoms with E-state index in [1.54, 1.807) is 0 Å². The molecule has 0 heterocycles. The van der Waals surface area contributed by atoms with E-state index in [9.17, 15) is 0 Å². The minimum Gasteiger partial charge on any atom is -0.169 e. The lowest BCUT2D eigenvalue weighted by atomic mass is 8.68. The van der Waals surface area contributed by atoms with Gasteiger partial charge >= 0.3 is 0 Å². The lowest BCUT2D eigenvalue weighted by Crippen LogP contribution is -2.65. The van der Waals surface area contributed by atoms with Crippen LogP contribution in [0.3, 0.4) is 0 Å². The Hall–Kier alpha value is 0.779. The van der Waals surface area contributed by atoms with Crippen LogP contribution in [-0.2, 0) is 0 Å². The first kappa shape index (κ1) is 13.8. The van der Waals surface area contributed by atoms with Gasteiger partial charge in [0.05, 0.1) is 0 Å². The maximum absolute atomic E-state index is 5.47. The molecule has 12 heteroatoms. The molecule has 0 nitrogen and oxygen atoms in total. The van der Waals surface area contributed by atoms with Gasteiger partial charge in [0, 0.05) is 87.9 Å². The molecule has 0 aliphatic rings. The van der Waals surface area contributed by atoms with Crippen molar-refractivity contribution in [3.8, 4) is 0 Å². The minimum atomic E-state index is -1.28. The summed E-state index contributed by atoms with van der Waals surface area (Å²) in [4.78, 5) is 0. The van der Waals surface area contributed by atoms with Crippen LogP contribution in [0.2, 0.25) is 5.01 Å². The van der Waals surface area contributed by atoms with Gasteiger partial charge in [-0.1, -0.05) is 0 Å². The fourth-order valence-electron chi connectivity index (χ4n) is 1.33. The number of rotatable bonds is 4. The van der Waals surface area contributed by atoms with Crippen molar-refractivity contribution < 1.29 is 0 Å². The van der Waals surface area contributed by atoms with Crippen LogP contribution >= 0.6 is 0 Å². The van der Waals surface area contributed by atoms with E-state index in [-0.39, 0.29) is 0 Å². The molecule has 0 amide bonds. The summed E-state index contributed by atoms with van der Waals surface area (Å²) in [5.41, 5.74) is 0. The van der Waals surface area contributed by atoms with Gasteiger partial charge in [-0.15, -0.1) is 0 Å². The molecule has 0 bridgehead atoms. The van der Waals surface area contributed by atoms with Crippen LogP contribution in [0.4, 0.5) is 0 Å². The van der Waals surface area contributed by atoms with E-state index in [0.717, 1.165) is 0 Å². The highest BCUT2D eigenvalue weighted by Gasteiger charge is 2.42. The molecule has 0 aromatic carbocycles. The summed E-state index contributed by atoms with van der Waals surface area (Å²) in [5, 5.41) is -1.28. The molecule has 0 aliphatic heterocycles. The molecule has 0 spiro atoms. The van der Waals surface area contributed by atoms with E-state index >= 15 is 0 Å². The Kier molecular flexibility index (Phi) is 5.33. The molecule has 13 heavy (non-hydrogen) atoms. The van der Waals surface area contributed by atoms with Crippen LogP contribution < -0.4 is 0 Å². The Bertz CT molecular complexity index is 108. The maximum Gasteiger partial charge on any atom is 0.0243 e. The predicted molar refractivity (Wildman–Crippen MR) is 71.7 cm³/mol. The zero-order valence-electron chi connectivity index (χ0n) is 7.43. The van der Waals surface area contributed by atoms with Crippen molar-refractivity contribution in [2.24, 2.45) is 0 Å². The molecular formula is CB12. The SMILES string of the molecule is [B]B([B])C(B([B])[B])(B([B])[B])B([B])[B]. The van der Waals surface area contributed by atoms with Crippen molar-refractivity contribution in [1.82, 2.24) is 0 Å². The molecule has 0 atom stereocenters. The van der Waals surface area contributed by atoms with Gasteiger partial charge in [0.1, 0.15) is 0 Å². The van der Waals surface area contributed by atoms with E-state index < -0.39 is 31.0 Å². The van der Waals surface area contributed by atoms with Gasteiger partial charge in [0.25, 0.3) is 0 Å². The van der Waals surface area contributed by atoms with Crippen molar-refractivity contribution >= 4 is 87.9 Å². The van der Waals surface area contributed by atoms with Crippen molar-refractivity contribution in [3.63, 3.8) is 0 Å². The second kappa shape index (κ2) is 5.03. The van der Waals surface area contributed by atoms with Crippen molar-refractivity contribution in [1.29, 1.82) is 0 Å². The van der Waals surface area contributed by atoms with E-state index in [4.69, 9.17) is 61.9 Å². The zero-order valence-corrected chi connectivity index (χ0v) is 7.43. The first-order valence-corrected chi connectivity index (χ1v) is 3.82. The number of hydrogen-bond acceptors (Lipinski definition) is 0. The smallest absolute Gasteiger partial charge is 0.0243 e. The first-order chi connectivity index (χ1) is 5.77. The van der Waals surface area contributed by atoms with Gasteiger partial charge in [0.2, 0.25) is 0 Å². The molecule has 16 radical (unpaired) electrons. The fraction of sp³-hybridized carbons (Fsp3) is 1.00. The van der Waals surface area contributed by atoms with Gasteiger partial charge in [-0.25, -0.2) is 0 Å². The normalized spacial score (nSPS) is 10.5. The first-order valence-electron chi connectivity index (χ1n) is 3.82. The van der Waals surface area contributed by atoms with Crippen molar-refractivity contribution in [2.45, 2.75) is 5.01 Å². The van der Waals surface area contributed by atoms with Gasteiger partial charge in [0.15, 0.2) is 0 Å². The Balaban J connectivity index is 5.06. The lowest BCUT2D eigenvalue weighted by molar-refractivity contribution is 1.60. The summed E-state index contributed by atoms with van der Waals surface area (Å²) >= 11 is 0. The molecule has 0 rings (SSSR count). The fourth-order valence-corrected chi connectivity index (χ4v) is 1.33. The highest BCUT2D eigenvalue weighted by atomic mass is 13.8. The molecule has 0 aromatic heterocycles. The molecule has 40 valence electrons. The Labute approximate surface area is 93.1 Å². The molecule has 0 fully saturated rings. The van der Waals surface area contributed by atoms with Gasteiger partial charge in [-0.05, 0) is 0 Å². The van der Waals surface area contributed by atoms with Crippen LogP contribution in [0, 0.1) is 0 Å². The summed E-state index contributed by atoms with van der Waals surface area (Å²) in [7, 11) is 43.8. The Morgan fingerprint density at radius 2 is 0.615 bits per heavy atom. The third kappa shape index (κ3) is 2.42. The summed E-state index contributed by atoms with van der Waals surface area (Å²) < 4.78 is 0. The Morgan fingerprint density at radius 1 is 0.462 bits per heavy atom. The van der Waals surface area contributed by atoms with Crippen molar-refractivity contribution in [2.75, 3.05) is 0 Å². The minimum absolute atomic E-state index is 0.979. The van der Waals surface area contributed by atoms with E-state index in [2.05, 4.69) is 0 Å². The summed E-state index contributed by atoms with van der Waals surface area (Å²) in [5.74, 6) is 0. The zero-order chi connectivity index (χ0) is 10.8. The summed E-state index contributed by atoms with van der Waals surface area (Å²) in [6.45, 7) is -3.92.